The Kier molecular flexibility index (Phi) is 4.42. The summed E-state index contributed by atoms with van der Waals surface area (Å²) in [6.07, 6.45) is -0.614. The van der Waals surface area contributed by atoms with E-state index in [9.17, 15) is 9.90 Å². The molecular formula is C22H19NO4. The van der Waals surface area contributed by atoms with Crippen LogP contribution in [0.1, 0.15) is 17.0 Å². The van der Waals surface area contributed by atoms with Crippen molar-refractivity contribution in [2.45, 2.75) is 5.92 Å². The molecule has 0 bridgehead atoms. The summed E-state index contributed by atoms with van der Waals surface area (Å²) in [4.78, 5) is 12.2. The van der Waals surface area contributed by atoms with Crippen molar-refractivity contribution in [2.24, 2.45) is 0 Å². The number of fused-ring (bicyclic) bond motifs is 3. The Balaban J connectivity index is 1.48. The van der Waals surface area contributed by atoms with E-state index in [1.807, 2.05) is 24.3 Å². The molecule has 136 valence electrons. The standard InChI is InChI=1S/C22H19NO4/c1-26-14-10-11-20(21(24)12-14)23-22(25)27-13-19-17-8-4-2-6-15(17)16-7-3-5-9-18(16)19/h2-12,19,24H,13H2,1H3,(H,23,25). The number of methoxy groups -OCH3 is 1. The van der Waals surface area contributed by atoms with Gasteiger partial charge in [-0.25, -0.2) is 4.79 Å². The van der Waals surface area contributed by atoms with Gasteiger partial charge in [0.1, 0.15) is 18.1 Å². The fraction of sp³-hybridized carbons (Fsp3) is 0.136. The predicted molar refractivity (Wildman–Crippen MR) is 103 cm³/mol. The Morgan fingerprint density at radius 1 is 1.00 bits per heavy atom. The summed E-state index contributed by atoms with van der Waals surface area (Å²) < 4.78 is 10.5. The molecule has 5 nitrogen and oxygen atoms in total. The first-order valence-corrected chi connectivity index (χ1v) is 8.66. The van der Waals surface area contributed by atoms with E-state index in [2.05, 4.69) is 29.6 Å². The summed E-state index contributed by atoms with van der Waals surface area (Å²) in [7, 11) is 1.51. The monoisotopic (exact) mass is 361 g/mol. The smallest absolute Gasteiger partial charge is 0.411 e. The van der Waals surface area contributed by atoms with E-state index < -0.39 is 6.09 Å². The number of rotatable bonds is 4. The third kappa shape index (κ3) is 3.19. The number of phenolic OH excluding ortho intramolecular Hbond substituents is 1. The number of aromatic hydroxyl groups is 1. The zero-order valence-electron chi connectivity index (χ0n) is 14.8. The van der Waals surface area contributed by atoms with Crippen LogP contribution in [0.15, 0.2) is 66.7 Å². The van der Waals surface area contributed by atoms with Crippen LogP contribution in [0.5, 0.6) is 11.5 Å². The second-order valence-electron chi connectivity index (χ2n) is 6.33. The van der Waals surface area contributed by atoms with Crippen molar-refractivity contribution >= 4 is 11.8 Å². The minimum Gasteiger partial charge on any atom is -0.506 e. The van der Waals surface area contributed by atoms with Gasteiger partial charge in [-0.15, -0.1) is 0 Å². The largest absolute Gasteiger partial charge is 0.506 e. The molecule has 4 rings (SSSR count). The molecule has 0 radical (unpaired) electrons. The van der Waals surface area contributed by atoms with E-state index in [0.717, 1.165) is 11.1 Å². The molecule has 3 aromatic rings. The van der Waals surface area contributed by atoms with Gasteiger partial charge in [0.15, 0.2) is 0 Å². The van der Waals surface area contributed by atoms with Crippen LogP contribution in [-0.2, 0) is 4.74 Å². The molecule has 0 spiro atoms. The van der Waals surface area contributed by atoms with Crippen LogP contribution in [0.4, 0.5) is 10.5 Å². The first-order valence-electron chi connectivity index (χ1n) is 8.66. The molecule has 2 N–H and O–H groups in total. The van der Waals surface area contributed by atoms with E-state index in [1.165, 1.54) is 24.3 Å². The van der Waals surface area contributed by atoms with Gasteiger partial charge in [0.2, 0.25) is 0 Å². The Morgan fingerprint density at radius 2 is 1.63 bits per heavy atom. The number of phenols is 1. The molecule has 27 heavy (non-hydrogen) atoms. The molecule has 0 saturated carbocycles. The highest BCUT2D eigenvalue weighted by molar-refractivity contribution is 5.87. The van der Waals surface area contributed by atoms with Crippen molar-refractivity contribution in [2.75, 3.05) is 19.0 Å². The van der Waals surface area contributed by atoms with Crippen LogP contribution in [0.25, 0.3) is 11.1 Å². The first kappa shape index (κ1) is 17.0. The molecule has 1 aliphatic rings. The van der Waals surface area contributed by atoms with Crippen LogP contribution in [-0.4, -0.2) is 24.9 Å². The van der Waals surface area contributed by atoms with E-state index >= 15 is 0 Å². The molecule has 1 aliphatic carbocycles. The second kappa shape index (κ2) is 7.03. The number of amides is 1. The van der Waals surface area contributed by atoms with Gasteiger partial charge in [-0.3, -0.25) is 5.32 Å². The van der Waals surface area contributed by atoms with Gasteiger partial charge in [-0.2, -0.15) is 0 Å². The van der Waals surface area contributed by atoms with Crippen molar-refractivity contribution in [3.05, 3.63) is 77.9 Å². The lowest BCUT2D eigenvalue weighted by molar-refractivity contribution is 0.158. The molecule has 0 aromatic heterocycles. The zero-order chi connectivity index (χ0) is 18.8. The number of anilines is 1. The molecule has 5 heteroatoms. The van der Waals surface area contributed by atoms with E-state index in [4.69, 9.17) is 9.47 Å². The fourth-order valence-corrected chi connectivity index (χ4v) is 3.49. The molecule has 0 aliphatic heterocycles. The van der Waals surface area contributed by atoms with Gasteiger partial charge < -0.3 is 14.6 Å². The van der Waals surface area contributed by atoms with Crippen LogP contribution < -0.4 is 10.1 Å². The first-order chi connectivity index (χ1) is 13.2. The molecule has 0 fully saturated rings. The molecular weight excluding hydrogens is 342 g/mol. The molecule has 3 aromatic carbocycles. The third-order valence-electron chi connectivity index (χ3n) is 4.79. The van der Waals surface area contributed by atoms with Gasteiger partial charge >= 0.3 is 6.09 Å². The molecule has 1 amide bonds. The minimum atomic E-state index is -0.614. The highest BCUT2D eigenvalue weighted by Gasteiger charge is 2.29. The average Bonchev–Trinajstić information content (AvgIpc) is 3.02. The van der Waals surface area contributed by atoms with Crippen LogP contribution >= 0.6 is 0 Å². The zero-order valence-corrected chi connectivity index (χ0v) is 14.8. The van der Waals surface area contributed by atoms with Gasteiger partial charge in [-0.1, -0.05) is 48.5 Å². The summed E-state index contributed by atoms with van der Waals surface area (Å²) in [5.41, 5.74) is 4.93. The van der Waals surface area contributed by atoms with Crippen molar-refractivity contribution in [3.63, 3.8) is 0 Å². The molecule has 0 unspecified atom stereocenters. The fourth-order valence-electron chi connectivity index (χ4n) is 3.49. The highest BCUT2D eigenvalue weighted by atomic mass is 16.5. The van der Waals surface area contributed by atoms with Crippen molar-refractivity contribution in [1.29, 1.82) is 0 Å². The maximum absolute atomic E-state index is 12.2. The van der Waals surface area contributed by atoms with Gasteiger partial charge in [0, 0.05) is 12.0 Å². The van der Waals surface area contributed by atoms with Gasteiger partial charge in [-0.05, 0) is 34.4 Å². The predicted octanol–water partition coefficient (Wildman–Crippen LogP) is 4.76. The number of carbonyl (C=O) groups excluding carboxylic acids is 1. The van der Waals surface area contributed by atoms with Crippen LogP contribution in [0.3, 0.4) is 0 Å². The van der Waals surface area contributed by atoms with Gasteiger partial charge in [0.25, 0.3) is 0 Å². The molecule has 0 saturated heterocycles. The number of benzene rings is 3. The Hall–Kier alpha value is -3.47. The summed E-state index contributed by atoms with van der Waals surface area (Å²) in [5.74, 6) is 0.418. The summed E-state index contributed by atoms with van der Waals surface area (Å²) in [6, 6.07) is 21.0. The normalized spacial score (nSPS) is 12.2. The number of hydrogen-bond acceptors (Lipinski definition) is 4. The van der Waals surface area contributed by atoms with E-state index in [0.29, 0.717) is 5.75 Å². The average molecular weight is 361 g/mol. The topological polar surface area (TPSA) is 67.8 Å². The lowest BCUT2D eigenvalue weighted by atomic mass is 9.98. The molecule has 0 atom stereocenters. The van der Waals surface area contributed by atoms with Crippen LogP contribution in [0.2, 0.25) is 0 Å². The van der Waals surface area contributed by atoms with Crippen molar-refractivity contribution < 1.29 is 19.4 Å². The summed E-state index contributed by atoms with van der Waals surface area (Å²) in [6.45, 7) is 0.219. The van der Waals surface area contributed by atoms with Crippen molar-refractivity contribution in [3.8, 4) is 22.6 Å². The number of ether oxygens (including phenoxy) is 2. The number of nitrogens with one attached hydrogen (secondary N) is 1. The Labute approximate surface area is 157 Å². The molecule has 0 heterocycles. The third-order valence-corrected chi connectivity index (χ3v) is 4.79. The summed E-state index contributed by atoms with van der Waals surface area (Å²) in [5, 5.41) is 12.5. The second-order valence-corrected chi connectivity index (χ2v) is 6.33. The number of carbonyl (C=O) groups is 1. The Morgan fingerprint density at radius 3 is 2.22 bits per heavy atom. The van der Waals surface area contributed by atoms with E-state index in [-0.39, 0.29) is 24.0 Å². The minimum absolute atomic E-state index is 0.00684. The quantitative estimate of drug-likeness (QED) is 0.657. The summed E-state index contributed by atoms with van der Waals surface area (Å²) >= 11 is 0. The van der Waals surface area contributed by atoms with Crippen molar-refractivity contribution in [1.82, 2.24) is 0 Å². The SMILES string of the molecule is COc1ccc(NC(=O)OCC2c3ccccc3-c3ccccc32)c(O)c1. The van der Waals surface area contributed by atoms with Crippen LogP contribution in [0, 0.1) is 0 Å². The Bertz CT molecular complexity index is 954. The van der Waals surface area contributed by atoms with E-state index in [1.54, 1.807) is 12.1 Å². The highest BCUT2D eigenvalue weighted by Crippen LogP contribution is 2.44. The lowest BCUT2D eigenvalue weighted by Crippen LogP contribution is -2.18. The maximum Gasteiger partial charge on any atom is 0.411 e. The maximum atomic E-state index is 12.2. The van der Waals surface area contributed by atoms with Gasteiger partial charge in [0.05, 0.1) is 12.8 Å². The number of hydrogen-bond donors (Lipinski definition) is 2. The lowest BCUT2D eigenvalue weighted by Gasteiger charge is -2.15.